The third-order valence-corrected chi connectivity index (χ3v) is 6.28. The number of carbonyl (C=O) groups is 1. The summed E-state index contributed by atoms with van der Waals surface area (Å²) in [6.07, 6.45) is 4.53. The van der Waals surface area contributed by atoms with Gasteiger partial charge in [-0.3, -0.25) is 4.79 Å². The van der Waals surface area contributed by atoms with Gasteiger partial charge in [0.05, 0.1) is 4.90 Å². The maximum absolute atomic E-state index is 13.0. The zero-order chi connectivity index (χ0) is 17.9. The Kier molecular flexibility index (Phi) is 7.46. The molecule has 0 aromatic heterocycles. The predicted octanol–water partition coefficient (Wildman–Crippen LogP) is 2.15. The molecule has 1 aromatic rings. The van der Waals surface area contributed by atoms with Crippen LogP contribution < -0.4 is 10.0 Å². The molecule has 2 fully saturated rings. The Morgan fingerprint density at radius 1 is 1.23 bits per heavy atom. The summed E-state index contributed by atoms with van der Waals surface area (Å²) >= 11 is 0. The summed E-state index contributed by atoms with van der Waals surface area (Å²) in [4.78, 5) is 15.1. The van der Waals surface area contributed by atoms with Crippen LogP contribution in [0, 0.1) is 0 Å². The molecule has 0 bridgehead atoms. The van der Waals surface area contributed by atoms with Gasteiger partial charge in [-0.25, -0.2) is 13.1 Å². The first-order valence-corrected chi connectivity index (χ1v) is 10.6. The lowest BCUT2D eigenvalue weighted by atomic mass is 10.0. The smallest absolute Gasteiger partial charge is 0.254 e. The predicted molar refractivity (Wildman–Crippen MR) is 104 cm³/mol. The highest BCUT2D eigenvalue weighted by molar-refractivity contribution is 7.89. The molecule has 1 saturated heterocycles. The summed E-state index contributed by atoms with van der Waals surface area (Å²) in [5.74, 6) is -0.0720. The quantitative estimate of drug-likeness (QED) is 0.733. The van der Waals surface area contributed by atoms with Crippen LogP contribution in [0.25, 0.3) is 0 Å². The normalized spacial score (nSPS) is 18.2. The molecule has 0 radical (unpaired) electrons. The fraction of sp³-hybridized carbons (Fsp3) is 0.611. The minimum absolute atomic E-state index is 0. The summed E-state index contributed by atoms with van der Waals surface area (Å²) in [7, 11) is -3.55. The molecular weight excluding hydrogens is 374 g/mol. The van der Waals surface area contributed by atoms with Crippen LogP contribution in [0.1, 0.15) is 49.4 Å². The Hall–Kier alpha value is -1.15. The molecule has 1 aliphatic carbocycles. The Bertz CT molecular complexity index is 716. The fourth-order valence-electron chi connectivity index (χ4n) is 3.26. The number of halogens is 1. The molecule has 0 spiro atoms. The molecule has 6 nitrogen and oxygen atoms in total. The van der Waals surface area contributed by atoms with Crippen LogP contribution in [-0.4, -0.2) is 50.9 Å². The van der Waals surface area contributed by atoms with E-state index in [9.17, 15) is 13.2 Å². The van der Waals surface area contributed by atoms with Gasteiger partial charge in [-0.1, -0.05) is 13.0 Å². The second kappa shape index (κ2) is 9.17. The van der Waals surface area contributed by atoms with Gasteiger partial charge in [0.25, 0.3) is 5.91 Å². The van der Waals surface area contributed by atoms with Crippen LogP contribution in [0.2, 0.25) is 0 Å². The minimum atomic E-state index is -3.55. The van der Waals surface area contributed by atoms with E-state index in [0.717, 1.165) is 45.2 Å². The molecule has 2 N–H and O–H groups in total. The third kappa shape index (κ3) is 5.19. The summed E-state index contributed by atoms with van der Waals surface area (Å²) in [6, 6.07) is 6.70. The Morgan fingerprint density at radius 3 is 2.54 bits per heavy atom. The van der Waals surface area contributed by atoms with Crippen molar-refractivity contribution in [2.75, 3.05) is 19.6 Å². The van der Waals surface area contributed by atoms with Gasteiger partial charge < -0.3 is 10.2 Å². The van der Waals surface area contributed by atoms with Crippen molar-refractivity contribution in [3.05, 3.63) is 29.8 Å². The molecule has 3 rings (SSSR count). The van der Waals surface area contributed by atoms with E-state index >= 15 is 0 Å². The summed E-state index contributed by atoms with van der Waals surface area (Å²) in [5.41, 5.74) is 0.450. The van der Waals surface area contributed by atoms with E-state index in [1.54, 1.807) is 18.2 Å². The van der Waals surface area contributed by atoms with E-state index in [4.69, 9.17) is 0 Å². The molecule has 1 aliphatic heterocycles. The van der Waals surface area contributed by atoms with Gasteiger partial charge in [0.1, 0.15) is 0 Å². The number of amides is 1. The van der Waals surface area contributed by atoms with Crippen molar-refractivity contribution >= 4 is 28.3 Å². The topological polar surface area (TPSA) is 78.5 Å². The number of nitrogens with one attached hydrogen (secondary N) is 2. The SMILES string of the molecule is CCCN(C(=O)c1cccc(S(=O)(=O)NC2CC2)c1)C1CCNCC1.Cl. The first-order valence-electron chi connectivity index (χ1n) is 9.15. The van der Waals surface area contributed by atoms with Crippen LogP contribution >= 0.6 is 12.4 Å². The fourth-order valence-corrected chi connectivity index (χ4v) is 4.61. The van der Waals surface area contributed by atoms with E-state index in [1.165, 1.54) is 6.07 Å². The number of hydrogen-bond donors (Lipinski definition) is 2. The molecule has 1 aromatic carbocycles. The van der Waals surface area contributed by atoms with Crippen molar-refractivity contribution in [3.8, 4) is 0 Å². The molecule has 0 atom stereocenters. The van der Waals surface area contributed by atoms with Crippen molar-refractivity contribution in [2.24, 2.45) is 0 Å². The first kappa shape index (κ1) is 21.2. The zero-order valence-electron chi connectivity index (χ0n) is 15.1. The van der Waals surface area contributed by atoms with Gasteiger partial charge in [-0.05, 0) is 63.4 Å². The number of piperidine rings is 1. The van der Waals surface area contributed by atoms with Crippen molar-refractivity contribution in [3.63, 3.8) is 0 Å². The number of sulfonamides is 1. The number of benzene rings is 1. The highest BCUT2D eigenvalue weighted by Crippen LogP contribution is 2.23. The molecule has 2 aliphatic rings. The van der Waals surface area contributed by atoms with Crippen LogP contribution in [0.3, 0.4) is 0 Å². The average Bonchev–Trinajstić information content (AvgIpc) is 3.43. The van der Waals surface area contributed by atoms with Crippen molar-refractivity contribution in [1.82, 2.24) is 14.9 Å². The average molecular weight is 402 g/mol. The minimum Gasteiger partial charge on any atom is -0.336 e. The molecule has 0 unspecified atom stereocenters. The van der Waals surface area contributed by atoms with Crippen LogP contribution in [0.5, 0.6) is 0 Å². The Labute approximate surface area is 162 Å². The monoisotopic (exact) mass is 401 g/mol. The number of rotatable bonds is 7. The molecule has 1 heterocycles. The molecule has 8 heteroatoms. The molecule has 26 heavy (non-hydrogen) atoms. The highest BCUT2D eigenvalue weighted by Gasteiger charge is 2.29. The van der Waals surface area contributed by atoms with E-state index in [2.05, 4.69) is 17.0 Å². The van der Waals surface area contributed by atoms with Crippen LogP contribution in [0.4, 0.5) is 0 Å². The van der Waals surface area contributed by atoms with E-state index in [-0.39, 0.29) is 35.3 Å². The Morgan fingerprint density at radius 2 is 1.92 bits per heavy atom. The van der Waals surface area contributed by atoms with Gasteiger partial charge in [-0.15, -0.1) is 12.4 Å². The van der Waals surface area contributed by atoms with Gasteiger partial charge in [-0.2, -0.15) is 0 Å². The molecular formula is C18H28ClN3O3S. The largest absolute Gasteiger partial charge is 0.336 e. The number of nitrogens with zero attached hydrogens (tertiary/aromatic N) is 1. The van der Waals surface area contributed by atoms with E-state index < -0.39 is 10.0 Å². The van der Waals surface area contributed by atoms with Crippen molar-refractivity contribution in [1.29, 1.82) is 0 Å². The molecule has 1 amide bonds. The lowest BCUT2D eigenvalue weighted by Crippen LogP contribution is -2.46. The number of carbonyl (C=O) groups excluding carboxylic acids is 1. The van der Waals surface area contributed by atoms with Crippen LogP contribution in [-0.2, 0) is 10.0 Å². The lowest BCUT2D eigenvalue weighted by Gasteiger charge is -2.34. The third-order valence-electron chi connectivity index (χ3n) is 4.77. The molecule has 146 valence electrons. The van der Waals surface area contributed by atoms with Gasteiger partial charge in [0.2, 0.25) is 10.0 Å². The highest BCUT2D eigenvalue weighted by atomic mass is 35.5. The van der Waals surface area contributed by atoms with E-state index in [1.807, 2.05) is 4.90 Å². The number of hydrogen-bond acceptors (Lipinski definition) is 4. The summed E-state index contributed by atoms with van der Waals surface area (Å²) in [6.45, 7) is 4.58. The van der Waals surface area contributed by atoms with E-state index in [0.29, 0.717) is 12.1 Å². The second-order valence-corrected chi connectivity index (χ2v) is 8.62. The lowest BCUT2D eigenvalue weighted by molar-refractivity contribution is 0.0642. The van der Waals surface area contributed by atoms with Crippen molar-refractivity contribution < 1.29 is 13.2 Å². The first-order chi connectivity index (χ1) is 12.0. The second-order valence-electron chi connectivity index (χ2n) is 6.90. The summed E-state index contributed by atoms with van der Waals surface area (Å²) < 4.78 is 27.5. The van der Waals surface area contributed by atoms with Gasteiger partial charge in [0.15, 0.2) is 0 Å². The van der Waals surface area contributed by atoms with Gasteiger partial charge >= 0.3 is 0 Å². The Balaban J connectivity index is 0.00000243. The van der Waals surface area contributed by atoms with Crippen LogP contribution in [0.15, 0.2) is 29.2 Å². The summed E-state index contributed by atoms with van der Waals surface area (Å²) in [5, 5.41) is 3.32. The standard InChI is InChI=1S/C18H27N3O3S.ClH/c1-2-12-21(16-8-10-19-11-9-16)18(22)14-4-3-5-17(13-14)25(23,24)20-15-6-7-15;/h3-5,13,15-16,19-20H,2,6-12H2,1H3;1H. The maximum atomic E-state index is 13.0. The maximum Gasteiger partial charge on any atom is 0.254 e. The molecule has 1 saturated carbocycles. The van der Waals surface area contributed by atoms with Gasteiger partial charge in [0, 0.05) is 24.2 Å². The zero-order valence-corrected chi connectivity index (χ0v) is 16.7. The van der Waals surface area contributed by atoms with Crippen molar-refractivity contribution in [2.45, 2.75) is 56.0 Å².